The summed E-state index contributed by atoms with van der Waals surface area (Å²) in [5.74, 6) is 0.662. The minimum absolute atomic E-state index is 0.0230. The van der Waals surface area contributed by atoms with E-state index < -0.39 is 11.9 Å². The van der Waals surface area contributed by atoms with Gasteiger partial charge in [0.1, 0.15) is 6.54 Å². The molecule has 7 nitrogen and oxygen atoms in total. The van der Waals surface area contributed by atoms with Gasteiger partial charge < -0.3 is 18.8 Å². The minimum Gasteiger partial charge on any atom is -0.468 e. The number of rotatable bonds is 4. The van der Waals surface area contributed by atoms with Crippen LogP contribution in [-0.4, -0.2) is 30.3 Å². The molecule has 0 aliphatic carbocycles. The van der Waals surface area contributed by atoms with Crippen LogP contribution in [0.3, 0.4) is 0 Å². The molecule has 8 heteroatoms. The van der Waals surface area contributed by atoms with Crippen molar-refractivity contribution >= 4 is 33.4 Å². The monoisotopic (exact) mass is 412 g/mol. The highest BCUT2D eigenvalue weighted by Gasteiger charge is 2.17. The number of nitrogens with zero attached hydrogens (tertiary/aromatic N) is 2. The molecule has 2 heterocycles. The molecule has 0 atom stereocenters. The standard InChI is InChI=1S/C21H20N2O5S/c1-12(2)13-4-6-15-18(9-13)29-21(23(15)10-19(24)26-3)22-20(25)14-5-7-16-17(8-14)28-11-27-16/h4-9,12H,10-11H2,1-3H3. The van der Waals surface area contributed by atoms with Crippen molar-refractivity contribution in [2.75, 3.05) is 13.9 Å². The van der Waals surface area contributed by atoms with Crippen molar-refractivity contribution in [1.29, 1.82) is 0 Å². The zero-order valence-electron chi connectivity index (χ0n) is 16.3. The van der Waals surface area contributed by atoms with Crippen LogP contribution in [0.2, 0.25) is 0 Å². The molecular formula is C21H20N2O5S. The molecule has 1 aliphatic heterocycles. The molecule has 0 spiro atoms. The number of hydrogen-bond donors (Lipinski definition) is 0. The molecule has 0 saturated carbocycles. The maximum atomic E-state index is 12.8. The normalized spacial score (nSPS) is 13.3. The van der Waals surface area contributed by atoms with Crippen molar-refractivity contribution in [1.82, 2.24) is 4.57 Å². The summed E-state index contributed by atoms with van der Waals surface area (Å²) in [5, 5.41) is 0. The Hall–Kier alpha value is -3.13. The first kappa shape index (κ1) is 19.2. The van der Waals surface area contributed by atoms with Gasteiger partial charge in [-0.15, -0.1) is 0 Å². The van der Waals surface area contributed by atoms with Crippen LogP contribution in [0.4, 0.5) is 0 Å². The molecule has 29 heavy (non-hydrogen) atoms. The quantitative estimate of drug-likeness (QED) is 0.613. The summed E-state index contributed by atoms with van der Waals surface area (Å²) in [6.45, 7) is 4.35. The molecular weight excluding hydrogens is 392 g/mol. The van der Waals surface area contributed by atoms with Crippen LogP contribution in [0.25, 0.3) is 10.2 Å². The van der Waals surface area contributed by atoms with E-state index in [-0.39, 0.29) is 13.3 Å². The first-order valence-electron chi connectivity index (χ1n) is 9.15. The summed E-state index contributed by atoms with van der Waals surface area (Å²) < 4.78 is 18.1. The van der Waals surface area contributed by atoms with E-state index in [0.29, 0.717) is 27.8 Å². The van der Waals surface area contributed by atoms with E-state index in [1.807, 2.05) is 12.1 Å². The number of amides is 1. The Morgan fingerprint density at radius 2 is 1.97 bits per heavy atom. The van der Waals surface area contributed by atoms with Crippen molar-refractivity contribution in [3.05, 3.63) is 52.3 Å². The highest BCUT2D eigenvalue weighted by molar-refractivity contribution is 7.16. The van der Waals surface area contributed by atoms with Crippen LogP contribution >= 0.6 is 11.3 Å². The number of aromatic nitrogens is 1. The molecule has 3 aromatic rings. The lowest BCUT2D eigenvalue weighted by atomic mass is 10.0. The molecule has 0 fully saturated rings. The van der Waals surface area contributed by atoms with Crippen LogP contribution in [-0.2, 0) is 16.1 Å². The Kier molecular flexibility index (Phi) is 5.10. The molecule has 1 aliphatic rings. The van der Waals surface area contributed by atoms with Crippen LogP contribution in [0.15, 0.2) is 41.4 Å². The summed E-state index contributed by atoms with van der Waals surface area (Å²) in [4.78, 5) is 29.5. The molecule has 4 rings (SSSR count). The van der Waals surface area contributed by atoms with Crippen molar-refractivity contribution in [2.24, 2.45) is 4.99 Å². The predicted molar refractivity (Wildman–Crippen MR) is 108 cm³/mol. The smallest absolute Gasteiger partial charge is 0.325 e. The second kappa shape index (κ2) is 7.71. The van der Waals surface area contributed by atoms with Gasteiger partial charge in [-0.2, -0.15) is 4.99 Å². The largest absolute Gasteiger partial charge is 0.468 e. The number of ether oxygens (including phenoxy) is 3. The van der Waals surface area contributed by atoms with Gasteiger partial charge in [0, 0.05) is 5.56 Å². The van der Waals surface area contributed by atoms with Crippen molar-refractivity contribution in [2.45, 2.75) is 26.3 Å². The van der Waals surface area contributed by atoms with Gasteiger partial charge in [-0.1, -0.05) is 31.3 Å². The Bertz CT molecular complexity index is 1180. The zero-order valence-corrected chi connectivity index (χ0v) is 17.1. The summed E-state index contributed by atoms with van der Waals surface area (Å²) in [5.41, 5.74) is 2.40. The third-order valence-electron chi connectivity index (χ3n) is 4.71. The summed E-state index contributed by atoms with van der Waals surface area (Å²) in [6, 6.07) is 11.0. The summed E-state index contributed by atoms with van der Waals surface area (Å²) in [6.07, 6.45) is 0. The second-order valence-corrected chi connectivity index (χ2v) is 7.92. The highest BCUT2D eigenvalue weighted by Crippen LogP contribution is 2.32. The van der Waals surface area contributed by atoms with E-state index in [4.69, 9.17) is 14.2 Å². The number of methoxy groups -OCH3 is 1. The fourth-order valence-electron chi connectivity index (χ4n) is 3.06. The van der Waals surface area contributed by atoms with E-state index in [1.165, 1.54) is 24.0 Å². The molecule has 1 aromatic heterocycles. The topological polar surface area (TPSA) is 79.1 Å². The molecule has 1 amide bonds. The van der Waals surface area contributed by atoms with Crippen LogP contribution in [0, 0.1) is 0 Å². The maximum Gasteiger partial charge on any atom is 0.325 e. The average Bonchev–Trinajstić information content (AvgIpc) is 3.31. The fraction of sp³-hybridized carbons (Fsp3) is 0.286. The van der Waals surface area contributed by atoms with Crippen LogP contribution in [0.1, 0.15) is 35.7 Å². The van der Waals surface area contributed by atoms with Crippen molar-refractivity contribution in [3.63, 3.8) is 0 Å². The number of esters is 1. The lowest BCUT2D eigenvalue weighted by Crippen LogP contribution is -2.22. The number of fused-ring (bicyclic) bond motifs is 2. The first-order chi connectivity index (χ1) is 14.0. The van der Waals surface area contributed by atoms with E-state index in [0.717, 1.165) is 10.2 Å². The first-order valence-corrected chi connectivity index (χ1v) is 9.96. The van der Waals surface area contributed by atoms with Gasteiger partial charge in [0.2, 0.25) is 6.79 Å². The van der Waals surface area contributed by atoms with Crippen LogP contribution < -0.4 is 14.3 Å². The lowest BCUT2D eigenvalue weighted by Gasteiger charge is -2.06. The molecule has 0 radical (unpaired) electrons. The Morgan fingerprint density at radius 3 is 2.72 bits per heavy atom. The third-order valence-corrected chi connectivity index (χ3v) is 5.75. The van der Waals surface area contributed by atoms with E-state index in [9.17, 15) is 9.59 Å². The van der Waals surface area contributed by atoms with Crippen molar-refractivity contribution < 1.29 is 23.8 Å². The van der Waals surface area contributed by atoms with E-state index in [1.54, 1.807) is 22.8 Å². The minimum atomic E-state index is -0.419. The Balaban J connectivity index is 1.80. The SMILES string of the molecule is COC(=O)Cn1c(=NC(=O)c2ccc3c(c2)OCO3)sc2cc(C(C)C)ccc21. The van der Waals surface area contributed by atoms with Crippen molar-refractivity contribution in [3.8, 4) is 11.5 Å². The number of carbonyl (C=O) groups excluding carboxylic acids is 2. The van der Waals surface area contributed by atoms with Gasteiger partial charge in [-0.3, -0.25) is 9.59 Å². The molecule has 0 unspecified atom stereocenters. The molecule has 0 N–H and O–H groups in total. The van der Waals surface area contributed by atoms with E-state index in [2.05, 4.69) is 24.9 Å². The molecule has 150 valence electrons. The Morgan fingerprint density at radius 1 is 1.17 bits per heavy atom. The lowest BCUT2D eigenvalue weighted by molar-refractivity contribution is -0.141. The second-order valence-electron chi connectivity index (χ2n) is 6.91. The zero-order chi connectivity index (χ0) is 20.5. The number of thiazole rings is 1. The van der Waals surface area contributed by atoms with E-state index >= 15 is 0 Å². The number of benzene rings is 2. The van der Waals surface area contributed by atoms with Crippen LogP contribution in [0.5, 0.6) is 11.5 Å². The average molecular weight is 412 g/mol. The fourth-order valence-corrected chi connectivity index (χ4v) is 4.14. The van der Waals surface area contributed by atoms with Gasteiger partial charge >= 0.3 is 5.97 Å². The molecule has 0 bridgehead atoms. The van der Waals surface area contributed by atoms with Gasteiger partial charge in [-0.05, 0) is 41.8 Å². The van der Waals surface area contributed by atoms with Gasteiger partial charge in [-0.25, -0.2) is 0 Å². The summed E-state index contributed by atoms with van der Waals surface area (Å²) >= 11 is 1.37. The number of carbonyl (C=O) groups is 2. The summed E-state index contributed by atoms with van der Waals surface area (Å²) in [7, 11) is 1.34. The van der Waals surface area contributed by atoms with Gasteiger partial charge in [0.15, 0.2) is 16.3 Å². The predicted octanol–water partition coefficient (Wildman–Crippen LogP) is 3.47. The van der Waals surface area contributed by atoms with Gasteiger partial charge in [0.05, 0.1) is 17.3 Å². The molecule has 2 aromatic carbocycles. The van der Waals surface area contributed by atoms with Gasteiger partial charge in [0.25, 0.3) is 5.91 Å². The molecule has 0 saturated heterocycles. The maximum absolute atomic E-state index is 12.8. The third kappa shape index (κ3) is 3.75. The number of hydrogen-bond acceptors (Lipinski definition) is 6. The Labute approximate surface area is 171 Å². The highest BCUT2D eigenvalue weighted by atomic mass is 32.1.